The fraction of sp³-hybridized carbons (Fsp3) is 0.379. The van der Waals surface area contributed by atoms with E-state index in [4.69, 9.17) is 14.0 Å². The number of halogens is 4. The number of allylic oxidation sites excluding steroid dienone is 2. The number of anilines is 1. The number of pyridine rings is 1. The molecule has 0 saturated heterocycles. The van der Waals surface area contributed by atoms with Crippen LogP contribution in [0, 0.1) is 0 Å². The van der Waals surface area contributed by atoms with E-state index in [1.54, 1.807) is 12.1 Å². The molecule has 0 spiro atoms. The van der Waals surface area contributed by atoms with Gasteiger partial charge in [0.15, 0.2) is 12.4 Å². The number of phosphoric acid groups is 1. The van der Waals surface area contributed by atoms with Gasteiger partial charge in [0.1, 0.15) is 5.58 Å². The summed E-state index contributed by atoms with van der Waals surface area (Å²) in [6.45, 7) is 3.71. The first-order valence-electron chi connectivity index (χ1n) is 13.8. The number of carboxylic acids is 1. The summed E-state index contributed by atoms with van der Waals surface area (Å²) in [6, 6.07) is 7.00. The van der Waals surface area contributed by atoms with Crippen LogP contribution in [0.25, 0.3) is 27.8 Å². The van der Waals surface area contributed by atoms with Crippen molar-refractivity contribution in [1.29, 1.82) is 0 Å². The molecule has 1 aliphatic heterocycles. The number of aliphatic hydroxyl groups is 1. The molecule has 1 aliphatic carbocycles. The summed E-state index contributed by atoms with van der Waals surface area (Å²) in [5.41, 5.74) is -1.41. The van der Waals surface area contributed by atoms with Crippen LogP contribution in [0.4, 0.5) is 23.2 Å². The minimum Gasteiger partial charge on any atom is -0.501 e. The van der Waals surface area contributed by atoms with Crippen molar-refractivity contribution >= 4 is 41.9 Å². The van der Waals surface area contributed by atoms with E-state index in [1.807, 2.05) is 18.7 Å². The average molecular weight is 672 g/mol. The Morgan fingerprint density at radius 2 is 1.76 bits per heavy atom. The minimum absolute atomic E-state index is 0.0383. The summed E-state index contributed by atoms with van der Waals surface area (Å²) in [5.74, 6) is -16.1. The van der Waals surface area contributed by atoms with Crippen molar-refractivity contribution < 1.29 is 65.2 Å². The van der Waals surface area contributed by atoms with E-state index in [0.717, 1.165) is 12.4 Å². The van der Waals surface area contributed by atoms with Gasteiger partial charge in [-0.3, -0.25) is 14.1 Å². The molecule has 5 rings (SSSR count). The number of carbonyl (C=O) groups is 2. The Hall–Kier alpha value is -4.11. The topological polar surface area (TPSA) is 179 Å². The van der Waals surface area contributed by atoms with Gasteiger partial charge >= 0.3 is 42.7 Å². The third-order valence-electron chi connectivity index (χ3n) is 8.12. The molecule has 4 N–H and O–H groups in total. The number of rotatable bonds is 9. The predicted molar refractivity (Wildman–Crippen MR) is 153 cm³/mol. The maximum atomic E-state index is 13.8. The summed E-state index contributed by atoms with van der Waals surface area (Å²) in [6.07, 6.45) is 2.43. The molecule has 1 atom stereocenters. The molecular weight excluding hydrogens is 643 g/mol. The first kappa shape index (κ1) is 33.3. The highest BCUT2D eigenvalue weighted by molar-refractivity contribution is 7.46. The Morgan fingerprint density at radius 1 is 1.11 bits per heavy atom. The maximum Gasteiger partial charge on any atom is 0.469 e. The SMILES string of the molecule is CC1(C)CC(COP(=O)(O)O)c2cc3cc(-c4cc[n+](C5=C(O)C(F)(F)C(F)(F)C5=O)cc4)c(=O)oc3cc2N1CCCC(=O)O. The van der Waals surface area contributed by atoms with Crippen molar-refractivity contribution in [2.75, 3.05) is 18.1 Å². The van der Waals surface area contributed by atoms with Gasteiger partial charge in [-0.1, -0.05) is 0 Å². The van der Waals surface area contributed by atoms with Crippen LogP contribution in [-0.4, -0.2) is 62.3 Å². The van der Waals surface area contributed by atoms with Crippen LogP contribution in [-0.2, 0) is 18.7 Å². The molecule has 2 aliphatic rings. The van der Waals surface area contributed by atoms with Gasteiger partial charge in [-0.05, 0) is 44.4 Å². The van der Waals surface area contributed by atoms with Crippen LogP contribution < -0.4 is 15.1 Å². The molecule has 0 saturated carbocycles. The van der Waals surface area contributed by atoms with Gasteiger partial charge < -0.3 is 29.3 Å². The lowest BCUT2D eigenvalue weighted by atomic mass is 9.79. The summed E-state index contributed by atoms with van der Waals surface area (Å²) >= 11 is 0. The summed E-state index contributed by atoms with van der Waals surface area (Å²) in [7, 11) is -4.83. The Labute approximate surface area is 257 Å². The Kier molecular flexibility index (Phi) is 8.17. The number of Topliss-reactive ketones (excluding diaryl/α,β-unsaturated/α-hetero) is 1. The molecule has 2 aromatic heterocycles. The molecule has 0 radical (unpaired) electrons. The summed E-state index contributed by atoms with van der Waals surface area (Å²) < 4.78 is 77.9. The van der Waals surface area contributed by atoms with Gasteiger partial charge in [-0.2, -0.15) is 22.1 Å². The predicted octanol–water partition coefficient (Wildman–Crippen LogP) is 4.37. The van der Waals surface area contributed by atoms with Gasteiger partial charge in [0.25, 0.3) is 0 Å². The zero-order chi connectivity index (χ0) is 34.0. The molecule has 17 heteroatoms. The monoisotopic (exact) mass is 671 g/mol. The highest BCUT2D eigenvalue weighted by atomic mass is 31.2. The van der Waals surface area contributed by atoms with Crippen molar-refractivity contribution in [3.8, 4) is 11.1 Å². The van der Waals surface area contributed by atoms with Crippen molar-refractivity contribution in [1.82, 2.24) is 0 Å². The number of alkyl halides is 4. The number of aromatic nitrogens is 1. The Morgan fingerprint density at radius 3 is 2.33 bits per heavy atom. The lowest BCUT2D eigenvalue weighted by Gasteiger charge is -2.48. The number of carboxylic acid groups (broad SMARTS) is 1. The van der Waals surface area contributed by atoms with Crippen LogP contribution in [0.5, 0.6) is 0 Å². The molecule has 12 nitrogen and oxygen atoms in total. The molecule has 3 aromatic rings. The molecule has 0 fully saturated rings. The lowest BCUT2D eigenvalue weighted by molar-refractivity contribution is -0.578. The third-order valence-corrected chi connectivity index (χ3v) is 8.61. The lowest BCUT2D eigenvalue weighted by Crippen LogP contribution is -2.49. The largest absolute Gasteiger partial charge is 0.501 e. The average Bonchev–Trinajstić information content (AvgIpc) is 3.07. The van der Waals surface area contributed by atoms with Gasteiger partial charge in [0.2, 0.25) is 5.76 Å². The van der Waals surface area contributed by atoms with E-state index in [9.17, 15) is 51.4 Å². The number of ketones is 1. The van der Waals surface area contributed by atoms with Crippen molar-refractivity contribution in [2.24, 2.45) is 0 Å². The molecule has 0 bridgehead atoms. The molecule has 1 aromatic carbocycles. The number of phosphoric ester groups is 1. The number of nitrogens with zero attached hydrogens (tertiary/aromatic N) is 2. The second-order valence-electron chi connectivity index (χ2n) is 11.7. The van der Waals surface area contributed by atoms with Crippen LogP contribution in [0.2, 0.25) is 0 Å². The van der Waals surface area contributed by atoms with Crippen LogP contribution in [0.1, 0.15) is 44.6 Å². The number of hydrogen-bond donors (Lipinski definition) is 4. The molecule has 246 valence electrons. The van der Waals surface area contributed by atoms with Gasteiger partial charge in [0, 0.05) is 59.3 Å². The molecule has 1 unspecified atom stereocenters. The minimum atomic E-state index is -5.15. The molecule has 3 heterocycles. The highest BCUT2D eigenvalue weighted by Crippen LogP contribution is 2.49. The van der Waals surface area contributed by atoms with Gasteiger partial charge in [0.05, 0.1) is 12.2 Å². The number of aliphatic hydroxyl groups excluding tert-OH is 1. The smallest absolute Gasteiger partial charge is 0.469 e. The normalized spacial score (nSPS) is 20.3. The van der Waals surface area contributed by atoms with Crippen molar-refractivity contribution in [3.05, 3.63) is 64.5 Å². The summed E-state index contributed by atoms with van der Waals surface area (Å²) in [4.78, 5) is 56.9. The quantitative estimate of drug-likeness (QED) is 0.110. The van der Waals surface area contributed by atoms with Crippen LogP contribution in [0.15, 0.2) is 57.7 Å². The van der Waals surface area contributed by atoms with E-state index < -0.39 is 60.0 Å². The number of fused-ring (bicyclic) bond motifs is 2. The number of benzene rings is 1. The molecule has 0 amide bonds. The highest BCUT2D eigenvalue weighted by Gasteiger charge is 2.74. The second-order valence-corrected chi connectivity index (χ2v) is 13.0. The van der Waals surface area contributed by atoms with E-state index >= 15 is 0 Å². The molecule has 46 heavy (non-hydrogen) atoms. The third kappa shape index (κ3) is 5.81. The van der Waals surface area contributed by atoms with E-state index in [2.05, 4.69) is 0 Å². The van der Waals surface area contributed by atoms with Crippen molar-refractivity contribution in [3.63, 3.8) is 0 Å². The second kappa shape index (κ2) is 11.3. The zero-order valence-corrected chi connectivity index (χ0v) is 25.1. The van der Waals surface area contributed by atoms with E-state index in [0.29, 0.717) is 34.2 Å². The summed E-state index contributed by atoms with van der Waals surface area (Å²) in [5, 5.41) is 19.2. The standard InChI is InChI=1S/C29H27F4N2O10P/c1-27(2)13-17(14-44-46(41,42)43)18-10-16-11-19(26(40)45-21(16)12-20(18)35(27)7-3-4-22(36)37)15-5-8-34(9-6-15)23-24(38)28(30,31)29(32,33)25(23)39/h5-6,8-12,17H,3-4,7,13-14H2,1-2H3,(H3-,36,37,38,39,41,42,43)/p+1. The Bertz CT molecular complexity index is 1890. The fourth-order valence-electron chi connectivity index (χ4n) is 5.92. The maximum absolute atomic E-state index is 13.8. The number of hydrogen-bond acceptors (Lipinski definition) is 8. The fourth-order valence-corrected chi connectivity index (χ4v) is 6.30. The zero-order valence-electron chi connectivity index (χ0n) is 24.2. The van der Waals surface area contributed by atoms with E-state index in [1.165, 1.54) is 18.2 Å². The first-order chi connectivity index (χ1) is 21.2. The van der Waals surface area contributed by atoms with Crippen molar-refractivity contribution in [2.45, 2.75) is 56.4 Å². The van der Waals surface area contributed by atoms with Crippen LogP contribution >= 0.6 is 7.82 Å². The number of carbonyl (C=O) groups excluding carboxylic acids is 1. The molecular formula is C29H28F4N2O10P+. The van der Waals surface area contributed by atoms with Crippen LogP contribution in [0.3, 0.4) is 0 Å². The van der Waals surface area contributed by atoms with Gasteiger partial charge in [-0.25, -0.2) is 9.36 Å². The first-order valence-corrected chi connectivity index (χ1v) is 15.3. The number of aliphatic carboxylic acids is 1. The van der Waals surface area contributed by atoms with Gasteiger partial charge in [-0.15, -0.1) is 0 Å². The van der Waals surface area contributed by atoms with E-state index in [-0.39, 0.29) is 36.2 Å². The Balaban J connectivity index is 1.57.